The Kier molecular flexibility index (Phi) is 10.6. The molecule has 0 fully saturated rings. The summed E-state index contributed by atoms with van der Waals surface area (Å²) < 4.78 is 34.1. The molecule has 0 aromatic heterocycles. The second-order valence-corrected chi connectivity index (χ2v) is 8.70. The number of nitrogens with zero attached hydrogens (tertiary/aromatic N) is 1. The van der Waals surface area contributed by atoms with Gasteiger partial charge in [-0.15, -0.1) is 0 Å². The van der Waals surface area contributed by atoms with E-state index in [-0.39, 0.29) is 0 Å². The van der Waals surface area contributed by atoms with Crippen molar-refractivity contribution in [1.82, 2.24) is 4.90 Å². The van der Waals surface area contributed by atoms with Gasteiger partial charge in [0.15, 0.2) is 0 Å². The van der Waals surface area contributed by atoms with Gasteiger partial charge in [-0.3, -0.25) is 0 Å². The van der Waals surface area contributed by atoms with Crippen LogP contribution in [0.4, 0.5) is 8.78 Å². The summed E-state index contributed by atoms with van der Waals surface area (Å²) >= 11 is 0. The Morgan fingerprint density at radius 1 is 1.18 bits per heavy atom. The van der Waals surface area contributed by atoms with Gasteiger partial charge in [-0.2, -0.15) is 0 Å². The second kappa shape index (κ2) is 13.1. The minimum atomic E-state index is -0.592. The quantitative estimate of drug-likeness (QED) is 0.291. The van der Waals surface area contributed by atoms with Gasteiger partial charge in [-0.25, -0.2) is 8.78 Å². The largest absolute Gasteiger partial charge is 0.498 e. The van der Waals surface area contributed by atoms with Crippen LogP contribution in [0.2, 0.25) is 0 Å². The molecule has 0 amide bonds. The topological polar surface area (TPSA) is 38.5 Å². The predicted molar refractivity (Wildman–Crippen MR) is 134 cm³/mol. The molecule has 2 N–H and O–H groups in total. The standard InChI is InChI=1S/C28H38F2N2O/c1-6-8-10-21(7-2)28(31)15-20(3)22-16-23(26-12-11-24(29)19-27(26)30)18-25(17-22)33-14-9-13-32(4)5/h10-12,15-16,18-19H,6-9,13-14,17,31H2,1-5H3/b21-10+,22-20-,28-15-. The Balaban J connectivity index is 2.40. The van der Waals surface area contributed by atoms with E-state index >= 15 is 0 Å². The molecule has 1 aromatic rings. The first-order valence-corrected chi connectivity index (χ1v) is 11.8. The Morgan fingerprint density at radius 3 is 2.58 bits per heavy atom. The summed E-state index contributed by atoms with van der Waals surface area (Å²) in [7, 11) is 4.05. The molecule has 0 aliphatic heterocycles. The predicted octanol–water partition coefficient (Wildman–Crippen LogP) is 6.90. The molecular weight excluding hydrogens is 418 g/mol. The number of nitrogens with two attached hydrogens (primary N) is 1. The van der Waals surface area contributed by atoms with Crippen LogP contribution in [0.5, 0.6) is 0 Å². The van der Waals surface area contributed by atoms with Gasteiger partial charge in [0.2, 0.25) is 0 Å². The second-order valence-electron chi connectivity index (χ2n) is 8.70. The molecule has 0 bridgehead atoms. The Labute approximate surface area is 198 Å². The summed E-state index contributed by atoms with van der Waals surface area (Å²) in [6, 6.07) is 3.66. The van der Waals surface area contributed by atoms with Gasteiger partial charge in [0.1, 0.15) is 17.4 Å². The van der Waals surface area contributed by atoms with E-state index in [1.807, 2.05) is 39.2 Å². The summed E-state index contributed by atoms with van der Waals surface area (Å²) in [5.41, 5.74) is 11.3. The van der Waals surface area contributed by atoms with Gasteiger partial charge in [-0.05, 0) is 86.9 Å². The fourth-order valence-electron chi connectivity index (χ4n) is 3.71. The minimum Gasteiger partial charge on any atom is -0.498 e. The van der Waals surface area contributed by atoms with Gasteiger partial charge in [0.05, 0.1) is 6.61 Å². The molecule has 2 rings (SSSR count). The Bertz CT molecular complexity index is 968. The zero-order valence-corrected chi connectivity index (χ0v) is 20.7. The fraction of sp³-hybridized carbons (Fsp3) is 0.429. The van der Waals surface area contributed by atoms with Crippen LogP contribution in [0.25, 0.3) is 5.57 Å². The third kappa shape index (κ3) is 8.32. The number of rotatable bonds is 11. The third-order valence-electron chi connectivity index (χ3n) is 5.60. The minimum absolute atomic E-state index is 0.352. The number of allylic oxidation sites excluding steroid dienone is 8. The van der Waals surface area contributed by atoms with E-state index in [4.69, 9.17) is 10.5 Å². The van der Waals surface area contributed by atoms with E-state index in [2.05, 4.69) is 24.8 Å². The number of benzene rings is 1. The molecule has 0 saturated carbocycles. The van der Waals surface area contributed by atoms with Crippen molar-refractivity contribution in [3.8, 4) is 0 Å². The number of halogens is 2. The molecule has 1 aliphatic carbocycles. The lowest BCUT2D eigenvalue weighted by Gasteiger charge is -2.20. The molecule has 1 aromatic carbocycles. The molecule has 5 heteroatoms. The highest BCUT2D eigenvalue weighted by molar-refractivity contribution is 5.79. The smallest absolute Gasteiger partial charge is 0.133 e. The number of hydrogen-bond acceptors (Lipinski definition) is 3. The molecule has 0 saturated heterocycles. The lowest BCUT2D eigenvalue weighted by atomic mass is 9.91. The van der Waals surface area contributed by atoms with Crippen molar-refractivity contribution in [3.05, 3.63) is 87.9 Å². The number of unbranched alkanes of at least 4 members (excludes halogenated alkanes) is 1. The number of ether oxygens (including phenoxy) is 1. The van der Waals surface area contributed by atoms with Crippen LogP contribution < -0.4 is 5.73 Å². The molecule has 0 spiro atoms. The van der Waals surface area contributed by atoms with Crippen LogP contribution in [0.15, 0.2) is 70.7 Å². The van der Waals surface area contributed by atoms with Crippen LogP contribution in [0, 0.1) is 11.6 Å². The lowest BCUT2D eigenvalue weighted by Crippen LogP contribution is -2.15. The fourth-order valence-corrected chi connectivity index (χ4v) is 3.71. The van der Waals surface area contributed by atoms with Crippen molar-refractivity contribution in [2.24, 2.45) is 5.73 Å². The van der Waals surface area contributed by atoms with Crippen LogP contribution in [0.1, 0.15) is 58.4 Å². The Morgan fingerprint density at radius 2 is 1.94 bits per heavy atom. The van der Waals surface area contributed by atoms with E-state index in [0.29, 0.717) is 24.2 Å². The summed E-state index contributed by atoms with van der Waals surface area (Å²) in [5.74, 6) is -0.409. The average Bonchev–Trinajstić information content (AvgIpc) is 2.77. The molecule has 180 valence electrons. The van der Waals surface area contributed by atoms with Crippen molar-refractivity contribution in [2.45, 2.75) is 52.9 Å². The number of hydrogen-bond donors (Lipinski definition) is 1. The molecule has 3 nitrogen and oxygen atoms in total. The third-order valence-corrected chi connectivity index (χ3v) is 5.60. The maximum Gasteiger partial charge on any atom is 0.133 e. The highest BCUT2D eigenvalue weighted by Gasteiger charge is 2.17. The summed E-state index contributed by atoms with van der Waals surface area (Å²) in [6.07, 6.45) is 12.4. The lowest BCUT2D eigenvalue weighted by molar-refractivity contribution is 0.191. The van der Waals surface area contributed by atoms with Crippen LogP contribution in [-0.2, 0) is 4.74 Å². The zero-order valence-electron chi connectivity index (χ0n) is 20.7. The zero-order chi connectivity index (χ0) is 24.4. The van der Waals surface area contributed by atoms with Crippen LogP contribution in [0.3, 0.4) is 0 Å². The van der Waals surface area contributed by atoms with Crippen molar-refractivity contribution in [3.63, 3.8) is 0 Å². The van der Waals surface area contributed by atoms with E-state index in [1.165, 1.54) is 12.1 Å². The normalized spacial score (nSPS) is 16.6. The maximum absolute atomic E-state index is 14.6. The molecule has 0 heterocycles. The van der Waals surface area contributed by atoms with Crippen molar-refractivity contribution < 1.29 is 13.5 Å². The first kappa shape index (κ1) is 26.6. The maximum atomic E-state index is 14.6. The molecule has 0 atom stereocenters. The molecular formula is C28H38F2N2O. The molecule has 0 radical (unpaired) electrons. The van der Waals surface area contributed by atoms with Gasteiger partial charge < -0.3 is 15.4 Å². The van der Waals surface area contributed by atoms with E-state index in [1.54, 1.807) is 0 Å². The molecule has 33 heavy (non-hydrogen) atoms. The summed E-state index contributed by atoms with van der Waals surface area (Å²) in [4.78, 5) is 2.11. The van der Waals surface area contributed by atoms with Crippen LogP contribution >= 0.6 is 0 Å². The highest BCUT2D eigenvalue weighted by Crippen LogP contribution is 2.33. The summed E-state index contributed by atoms with van der Waals surface area (Å²) in [5, 5.41) is 0. The van der Waals surface area contributed by atoms with E-state index in [9.17, 15) is 8.78 Å². The van der Waals surface area contributed by atoms with Crippen molar-refractivity contribution in [2.75, 3.05) is 27.2 Å². The average molecular weight is 457 g/mol. The van der Waals surface area contributed by atoms with E-state index in [0.717, 1.165) is 66.5 Å². The molecule has 1 aliphatic rings. The van der Waals surface area contributed by atoms with Gasteiger partial charge in [0, 0.05) is 30.3 Å². The van der Waals surface area contributed by atoms with Crippen molar-refractivity contribution in [1.29, 1.82) is 0 Å². The van der Waals surface area contributed by atoms with Crippen LogP contribution in [-0.4, -0.2) is 32.1 Å². The van der Waals surface area contributed by atoms with Crippen molar-refractivity contribution >= 4 is 5.57 Å². The monoisotopic (exact) mass is 456 g/mol. The SMILES string of the molecule is CCC/C=C(CC)/C(N)=C/C(C)=C1/C=C(c2ccc(F)cc2F)C=C(OCCCN(C)C)C1. The summed E-state index contributed by atoms with van der Waals surface area (Å²) in [6.45, 7) is 7.76. The molecule has 0 unspecified atom stereocenters. The van der Waals surface area contributed by atoms with Gasteiger partial charge in [-0.1, -0.05) is 32.4 Å². The van der Waals surface area contributed by atoms with Gasteiger partial charge in [0.25, 0.3) is 0 Å². The first-order valence-electron chi connectivity index (χ1n) is 11.8. The first-order chi connectivity index (χ1) is 15.7. The van der Waals surface area contributed by atoms with E-state index < -0.39 is 11.6 Å². The highest BCUT2D eigenvalue weighted by atomic mass is 19.1. The van der Waals surface area contributed by atoms with Gasteiger partial charge >= 0.3 is 0 Å². The Hall–Kier alpha value is -2.66.